The number of benzene rings is 2. The number of hydrogen-bond acceptors (Lipinski definition) is 2. The largest absolute Gasteiger partial charge is 0.322 e. The SMILES string of the molecule is CC(C)CCN1C(=O)CCc2cc(NC(=O)c3ccc(F)cc3)ccc21. The first-order chi connectivity index (χ1) is 12.4. The molecule has 1 aliphatic rings. The highest BCUT2D eigenvalue weighted by Crippen LogP contribution is 2.31. The molecule has 0 saturated heterocycles. The van der Waals surface area contributed by atoms with Crippen molar-refractivity contribution >= 4 is 23.2 Å². The number of rotatable bonds is 5. The number of nitrogens with zero attached hydrogens (tertiary/aromatic N) is 1. The molecule has 0 fully saturated rings. The Labute approximate surface area is 153 Å². The van der Waals surface area contributed by atoms with E-state index in [-0.39, 0.29) is 17.6 Å². The standard InChI is InChI=1S/C21H23FN2O2/c1-14(2)11-12-24-19-9-8-18(13-16(19)5-10-20(24)25)23-21(26)15-3-6-17(22)7-4-15/h3-4,6-9,13-14H,5,10-12H2,1-2H3,(H,23,26). The van der Waals surface area contributed by atoms with Crippen molar-refractivity contribution in [3.63, 3.8) is 0 Å². The topological polar surface area (TPSA) is 49.4 Å². The molecule has 5 heteroatoms. The normalized spacial score (nSPS) is 13.7. The summed E-state index contributed by atoms with van der Waals surface area (Å²) in [5, 5.41) is 2.84. The fourth-order valence-corrected chi connectivity index (χ4v) is 3.07. The van der Waals surface area contributed by atoms with Crippen LogP contribution < -0.4 is 10.2 Å². The molecular weight excluding hydrogens is 331 g/mol. The highest BCUT2D eigenvalue weighted by molar-refractivity contribution is 6.04. The van der Waals surface area contributed by atoms with Gasteiger partial charge < -0.3 is 10.2 Å². The second-order valence-electron chi connectivity index (χ2n) is 7.03. The van der Waals surface area contributed by atoms with Gasteiger partial charge in [-0.3, -0.25) is 9.59 Å². The first-order valence-electron chi connectivity index (χ1n) is 8.94. The first-order valence-corrected chi connectivity index (χ1v) is 8.94. The van der Waals surface area contributed by atoms with Gasteiger partial charge in [0, 0.05) is 29.9 Å². The predicted octanol–water partition coefficient (Wildman–Crippen LogP) is 4.40. The van der Waals surface area contributed by atoms with Gasteiger partial charge in [-0.1, -0.05) is 13.8 Å². The van der Waals surface area contributed by atoms with E-state index in [0.717, 1.165) is 17.7 Å². The van der Waals surface area contributed by atoms with E-state index in [4.69, 9.17) is 0 Å². The Hall–Kier alpha value is -2.69. The Morgan fingerprint density at radius 1 is 1.15 bits per heavy atom. The third-order valence-corrected chi connectivity index (χ3v) is 4.57. The zero-order valence-corrected chi connectivity index (χ0v) is 15.1. The van der Waals surface area contributed by atoms with E-state index in [2.05, 4.69) is 19.2 Å². The number of fused-ring (bicyclic) bond motifs is 1. The van der Waals surface area contributed by atoms with Crippen LogP contribution in [0.3, 0.4) is 0 Å². The van der Waals surface area contributed by atoms with Gasteiger partial charge in [-0.15, -0.1) is 0 Å². The van der Waals surface area contributed by atoms with Gasteiger partial charge in [0.2, 0.25) is 5.91 Å². The highest BCUT2D eigenvalue weighted by atomic mass is 19.1. The molecule has 0 radical (unpaired) electrons. The Bertz CT molecular complexity index is 815. The van der Waals surface area contributed by atoms with E-state index in [1.165, 1.54) is 24.3 Å². The second kappa shape index (κ2) is 7.68. The van der Waals surface area contributed by atoms with Crippen LogP contribution in [-0.2, 0) is 11.2 Å². The predicted molar refractivity (Wildman–Crippen MR) is 101 cm³/mol. The van der Waals surface area contributed by atoms with Crippen LogP contribution in [0.2, 0.25) is 0 Å². The number of anilines is 2. The molecule has 1 heterocycles. The first kappa shape index (κ1) is 18.1. The molecule has 2 amide bonds. The monoisotopic (exact) mass is 354 g/mol. The van der Waals surface area contributed by atoms with Gasteiger partial charge >= 0.3 is 0 Å². The average Bonchev–Trinajstić information content (AvgIpc) is 2.61. The average molecular weight is 354 g/mol. The molecule has 0 aliphatic carbocycles. The number of hydrogen-bond donors (Lipinski definition) is 1. The van der Waals surface area contributed by atoms with Crippen molar-refractivity contribution in [2.45, 2.75) is 33.1 Å². The van der Waals surface area contributed by atoms with Gasteiger partial charge in [-0.25, -0.2) is 4.39 Å². The highest BCUT2D eigenvalue weighted by Gasteiger charge is 2.24. The number of aryl methyl sites for hydroxylation is 1. The number of nitrogens with one attached hydrogen (secondary N) is 1. The summed E-state index contributed by atoms with van der Waals surface area (Å²) in [6, 6.07) is 11.1. The summed E-state index contributed by atoms with van der Waals surface area (Å²) in [6.45, 7) is 5.00. The lowest BCUT2D eigenvalue weighted by molar-refractivity contribution is -0.118. The van der Waals surface area contributed by atoms with E-state index < -0.39 is 0 Å². The van der Waals surface area contributed by atoms with Crippen molar-refractivity contribution in [3.05, 3.63) is 59.4 Å². The van der Waals surface area contributed by atoms with E-state index >= 15 is 0 Å². The molecule has 0 atom stereocenters. The molecule has 0 bridgehead atoms. The van der Waals surface area contributed by atoms with Crippen molar-refractivity contribution in [2.75, 3.05) is 16.8 Å². The number of amides is 2. The van der Waals surface area contributed by atoms with Gasteiger partial charge in [0.05, 0.1) is 0 Å². The van der Waals surface area contributed by atoms with Gasteiger partial charge in [0.15, 0.2) is 0 Å². The van der Waals surface area contributed by atoms with Crippen molar-refractivity contribution in [2.24, 2.45) is 5.92 Å². The molecule has 0 saturated carbocycles. The van der Waals surface area contributed by atoms with Crippen molar-refractivity contribution in [1.82, 2.24) is 0 Å². The van der Waals surface area contributed by atoms with Crippen LogP contribution in [0.4, 0.5) is 15.8 Å². The number of carbonyl (C=O) groups excluding carboxylic acids is 2. The van der Waals surface area contributed by atoms with Crippen LogP contribution in [0.25, 0.3) is 0 Å². The zero-order valence-electron chi connectivity index (χ0n) is 15.1. The van der Waals surface area contributed by atoms with Crippen LogP contribution in [0.5, 0.6) is 0 Å². The number of halogens is 1. The minimum absolute atomic E-state index is 0.154. The van der Waals surface area contributed by atoms with E-state index in [0.29, 0.717) is 36.6 Å². The van der Waals surface area contributed by atoms with E-state index in [9.17, 15) is 14.0 Å². The Kier molecular flexibility index (Phi) is 5.35. The van der Waals surface area contributed by atoms with Crippen molar-refractivity contribution in [1.29, 1.82) is 0 Å². The molecule has 1 aliphatic heterocycles. The molecule has 4 nitrogen and oxygen atoms in total. The summed E-state index contributed by atoms with van der Waals surface area (Å²) in [5.74, 6) is 0.0266. The quantitative estimate of drug-likeness (QED) is 0.865. The number of carbonyl (C=O) groups is 2. The molecule has 26 heavy (non-hydrogen) atoms. The van der Waals surface area contributed by atoms with Crippen LogP contribution in [0.15, 0.2) is 42.5 Å². The van der Waals surface area contributed by atoms with E-state index in [1.54, 1.807) is 6.07 Å². The third kappa shape index (κ3) is 4.10. The van der Waals surface area contributed by atoms with Crippen LogP contribution in [-0.4, -0.2) is 18.4 Å². The van der Waals surface area contributed by atoms with E-state index in [1.807, 2.05) is 17.0 Å². The molecule has 1 N–H and O–H groups in total. The maximum Gasteiger partial charge on any atom is 0.255 e. The third-order valence-electron chi connectivity index (χ3n) is 4.57. The van der Waals surface area contributed by atoms with Crippen molar-refractivity contribution < 1.29 is 14.0 Å². The fourth-order valence-electron chi connectivity index (χ4n) is 3.07. The molecule has 0 spiro atoms. The molecule has 0 unspecified atom stereocenters. The second-order valence-corrected chi connectivity index (χ2v) is 7.03. The smallest absolute Gasteiger partial charge is 0.255 e. The van der Waals surface area contributed by atoms with Gasteiger partial charge in [-0.2, -0.15) is 0 Å². The molecule has 0 aromatic heterocycles. The molecule has 2 aromatic rings. The molecule has 3 rings (SSSR count). The summed E-state index contributed by atoms with van der Waals surface area (Å²) in [4.78, 5) is 26.4. The van der Waals surface area contributed by atoms with Crippen molar-refractivity contribution in [3.8, 4) is 0 Å². The zero-order chi connectivity index (χ0) is 18.7. The fraction of sp³-hybridized carbons (Fsp3) is 0.333. The van der Waals surface area contributed by atoms with Crippen LogP contribution in [0.1, 0.15) is 42.6 Å². The van der Waals surface area contributed by atoms with Gasteiger partial charge in [0.1, 0.15) is 5.82 Å². The maximum atomic E-state index is 13.0. The lowest BCUT2D eigenvalue weighted by Crippen LogP contribution is -2.36. The van der Waals surface area contributed by atoms with Crippen LogP contribution >= 0.6 is 0 Å². The van der Waals surface area contributed by atoms with Gasteiger partial charge in [0.25, 0.3) is 5.91 Å². The summed E-state index contributed by atoms with van der Waals surface area (Å²) < 4.78 is 13.0. The lowest BCUT2D eigenvalue weighted by atomic mass is 9.99. The lowest BCUT2D eigenvalue weighted by Gasteiger charge is -2.30. The Balaban J connectivity index is 1.76. The summed E-state index contributed by atoms with van der Waals surface area (Å²) in [7, 11) is 0. The molecule has 136 valence electrons. The minimum Gasteiger partial charge on any atom is -0.322 e. The summed E-state index contributed by atoms with van der Waals surface area (Å²) in [6.07, 6.45) is 2.11. The minimum atomic E-state index is -0.374. The summed E-state index contributed by atoms with van der Waals surface area (Å²) >= 11 is 0. The van der Waals surface area contributed by atoms with Crippen LogP contribution in [0, 0.1) is 11.7 Å². The van der Waals surface area contributed by atoms with Gasteiger partial charge in [-0.05, 0) is 66.8 Å². The molecular formula is C21H23FN2O2. The molecule has 2 aromatic carbocycles. The Morgan fingerprint density at radius 2 is 1.88 bits per heavy atom. The summed E-state index contributed by atoms with van der Waals surface area (Å²) in [5.41, 5.74) is 3.07. The maximum absolute atomic E-state index is 13.0. The Morgan fingerprint density at radius 3 is 2.58 bits per heavy atom.